The minimum atomic E-state index is 0. The monoisotopic (exact) mass is 229 g/mol. The number of nitrogens with one attached hydrogen (secondary N) is 1. The number of hydrogen-bond donors (Lipinski definition) is 2. The lowest BCUT2D eigenvalue weighted by Gasteiger charge is -2.16. The highest BCUT2D eigenvalue weighted by Crippen LogP contribution is 2.36. The van der Waals surface area contributed by atoms with Crippen LogP contribution in [0, 0.1) is 0 Å². The van der Waals surface area contributed by atoms with Crippen LogP contribution in [0.1, 0.15) is 24.4 Å². The first-order chi connectivity index (χ1) is 6.83. The summed E-state index contributed by atoms with van der Waals surface area (Å²) < 4.78 is 5.24. The van der Waals surface area contributed by atoms with E-state index in [1.54, 1.807) is 19.2 Å². The van der Waals surface area contributed by atoms with Crippen LogP contribution in [0.25, 0.3) is 0 Å². The number of halogens is 1. The quantitative estimate of drug-likeness (QED) is 0.818. The SMILES string of the molecule is COc1cccc(O)c1[C@@H]1CCCN1.Cl. The summed E-state index contributed by atoms with van der Waals surface area (Å²) in [5.41, 5.74) is 0.896. The lowest BCUT2D eigenvalue weighted by molar-refractivity contribution is 0.390. The topological polar surface area (TPSA) is 41.5 Å². The molecule has 4 heteroatoms. The second-order valence-corrected chi connectivity index (χ2v) is 3.54. The maximum absolute atomic E-state index is 9.76. The fourth-order valence-electron chi connectivity index (χ4n) is 1.99. The Hall–Kier alpha value is -0.930. The Labute approximate surface area is 95.9 Å². The van der Waals surface area contributed by atoms with E-state index in [4.69, 9.17) is 4.74 Å². The molecule has 0 unspecified atom stereocenters. The summed E-state index contributed by atoms with van der Waals surface area (Å²) in [6.45, 7) is 1.02. The van der Waals surface area contributed by atoms with Gasteiger partial charge in [0, 0.05) is 6.04 Å². The van der Waals surface area contributed by atoms with Crippen molar-refractivity contribution in [2.24, 2.45) is 0 Å². The molecule has 3 nitrogen and oxygen atoms in total. The van der Waals surface area contributed by atoms with Crippen LogP contribution in [0.15, 0.2) is 18.2 Å². The zero-order valence-electron chi connectivity index (χ0n) is 8.69. The summed E-state index contributed by atoms with van der Waals surface area (Å²) in [6, 6.07) is 5.63. The molecule has 0 aliphatic carbocycles. The molecular formula is C11H16ClNO2. The van der Waals surface area contributed by atoms with Gasteiger partial charge in [-0.2, -0.15) is 0 Å². The first-order valence-corrected chi connectivity index (χ1v) is 4.92. The van der Waals surface area contributed by atoms with Crippen molar-refractivity contribution in [3.63, 3.8) is 0 Å². The Morgan fingerprint density at radius 2 is 2.27 bits per heavy atom. The number of methoxy groups -OCH3 is 1. The number of ether oxygens (including phenoxy) is 1. The molecule has 0 aromatic heterocycles. The fourth-order valence-corrected chi connectivity index (χ4v) is 1.99. The van der Waals surface area contributed by atoms with Crippen LogP contribution in [0.4, 0.5) is 0 Å². The van der Waals surface area contributed by atoms with Crippen molar-refractivity contribution in [2.45, 2.75) is 18.9 Å². The highest BCUT2D eigenvalue weighted by atomic mass is 35.5. The van der Waals surface area contributed by atoms with Gasteiger partial charge in [-0.05, 0) is 31.5 Å². The highest BCUT2D eigenvalue weighted by Gasteiger charge is 2.22. The molecule has 1 aliphatic heterocycles. The largest absolute Gasteiger partial charge is 0.507 e. The number of benzene rings is 1. The molecule has 0 amide bonds. The van der Waals surface area contributed by atoms with Crippen LogP contribution >= 0.6 is 12.4 Å². The number of aromatic hydroxyl groups is 1. The second-order valence-electron chi connectivity index (χ2n) is 3.54. The molecule has 0 spiro atoms. The van der Waals surface area contributed by atoms with Crippen molar-refractivity contribution in [3.05, 3.63) is 23.8 Å². The molecule has 0 radical (unpaired) electrons. The first kappa shape index (κ1) is 12.1. The summed E-state index contributed by atoms with van der Waals surface area (Å²) >= 11 is 0. The van der Waals surface area contributed by atoms with Crippen molar-refractivity contribution in [1.82, 2.24) is 5.32 Å². The molecule has 2 N–H and O–H groups in total. The summed E-state index contributed by atoms with van der Waals surface area (Å²) in [6.07, 6.45) is 2.22. The van der Waals surface area contributed by atoms with Gasteiger partial charge in [0.2, 0.25) is 0 Å². The average molecular weight is 230 g/mol. The Balaban J connectivity index is 0.00000112. The van der Waals surface area contributed by atoms with Gasteiger partial charge >= 0.3 is 0 Å². The van der Waals surface area contributed by atoms with E-state index in [9.17, 15) is 5.11 Å². The number of hydrogen-bond acceptors (Lipinski definition) is 3. The molecule has 0 bridgehead atoms. The van der Waals surface area contributed by atoms with Crippen LogP contribution in [0.5, 0.6) is 11.5 Å². The third-order valence-corrected chi connectivity index (χ3v) is 2.67. The third kappa shape index (κ3) is 2.36. The molecule has 1 atom stereocenters. The van der Waals surface area contributed by atoms with Gasteiger partial charge in [0.15, 0.2) is 0 Å². The highest BCUT2D eigenvalue weighted by molar-refractivity contribution is 5.85. The predicted molar refractivity (Wildman–Crippen MR) is 61.9 cm³/mol. The lowest BCUT2D eigenvalue weighted by Crippen LogP contribution is -2.13. The van der Waals surface area contributed by atoms with E-state index in [2.05, 4.69) is 5.32 Å². The minimum Gasteiger partial charge on any atom is -0.507 e. The maximum Gasteiger partial charge on any atom is 0.127 e. The number of rotatable bonds is 2. The maximum atomic E-state index is 9.76. The van der Waals surface area contributed by atoms with Gasteiger partial charge in [0.1, 0.15) is 11.5 Å². The Morgan fingerprint density at radius 3 is 2.87 bits per heavy atom. The normalized spacial score (nSPS) is 19.7. The smallest absolute Gasteiger partial charge is 0.127 e. The predicted octanol–water partition coefficient (Wildman–Crippen LogP) is 2.25. The summed E-state index contributed by atoms with van der Waals surface area (Å²) in [4.78, 5) is 0. The van der Waals surface area contributed by atoms with Crippen LogP contribution in [-0.4, -0.2) is 18.8 Å². The Kier molecular flexibility index (Phi) is 4.24. The molecular weight excluding hydrogens is 214 g/mol. The van der Waals surface area contributed by atoms with Crippen molar-refractivity contribution in [3.8, 4) is 11.5 Å². The van der Waals surface area contributed by atoms with E-state index in [0.29, 0.717) is 5.75 Å². The fraction of sp³-hybridized carbons (Fsp3) is 0.455. The average Bonchev–Trinajstić information content (AvgIpc) is 2.70. The van der Waals surface area contributed by atoms with E-state index in [1.165, 1.54) is 0 Å². The molecule has 1 aliphatic rings. The van der Waals surface area contributed by atoms with E-state index < -0.39 is 0 Å². The van der Waals surface area contributed by atoms with Gasteiger partial charge in [-0.1, -0.05) is 6.07 Å². The second kappa shape index (κ2) is 5.24. The zero-order valence-corrected chi connectivity index (χ0v) is 9.51. The standard InChI is InChI=1S/C11H15NO2.ClH/c1-14-10-6-2-5-9(13)11(10)8-4-3-7-12-8;/h2,5-6,8,12-13H,3-4,7H2,1H3;1H/t8-;/m0./s1. The molecule has 1 heterocycles. The van der Waals surface area contributed by atoms with Crippen LogP contribution in [-0.2, 0) is 0 Å². The number of phenols is 1. The Morgan fingerprint density at radius 1 is 1.47 bits per heavy atom. The molecule has 15 heavy (non-hydrogen) atoms. The van der Waals surface area contributed by atoms with Crippen molar-refractivity contribution in [2.75, 3.05) is 13.7 Å². The molecule has 2 rings (SSSR count). The number of phenolic OH excluding ortho intramolecular Hbond substituents is 1. The zero-order chi connectivity index (χ0) is 9.97. The van der Waals surface area contributed by atoms with Gasteiger partial charge in [-0.25, -0.2) is 0 Å². The van der Waals surface area contributed by atoms with Gasteiger partial charge in [-0.15, -0.1) is 12.4 Å². The summed E-state index contributed by atoms with van der Waals surface area (Å²) in [5, 5.41) is 13.1. The van der Waals surface area contributed by atoms with Crippen LogP contribution in [0.3, 0.4) is 0 Å². The first-order valence-electron chi connectivity index (χ1n) is 4.92. The molecule has 1 aromatic carbocycles. The van der Waals surface area contributed by atoms with Crippen LogP contribution < -0.4 is 10.1 Å². The van der Waals surface area contributed by atoms with Gasteiger partial charge in [-0.3, -0.25) is 0 Å². The van der Waals surface area contributed by atoms with Crippen LogP contribution in [0.2, 0.25) is 0 Å². The van der Waals surface area contributed by atoms with Crippen molar-refractivity contribution < 1.29 is 9.84 Å². The molecule has 84 valence electrons. The van der Waals surface area contributed by atoms with E-state index in [0.717, 1.165) is 30.7 Å². The van der Waals surface area contributed by atoms with E-state index in [1.807, 2.05) is 6.07 Å². The van der Waals surface area contributed by atoms with Gasteiger partial charge in [0.25, 0.3) is 0 Å². The molecule has 1 saturated heterocycles. The minimum absolute atomic E-state index is 0. The molecule has 1 fully saturated rings. The van der Waals surface area contributed by atoms with Crippen molar-refractivity contribution in [1.29, 1.82) is 0 Å². The summed E-state index contributed by atoms with van der Waals surface area (Å²) in [7, 11) is 1.63. The van der Waals surface area contributed by atoms with Gasteiger partial charge < -0.3 is 15.2 Å². The molecule has 1 aromatic rings. The Bertz CT molecular complexity index is 324. The van der Waals surface area contributed by atoms with Crippen molar-refractivity contribution >= 4 is 12.4 Å². The van der Waals surface area contributed by atoms with E-state index in [-0.39, 0.29) is 18.4 Å². The third-order valence-electron chi connectivity index (χ3n) is 2.67. The van der Waals surface area contributed by atoms with Gasteiger partial charge in [0.05, 0.1) is 12.7 Å². The van der Waals surface area contributed by atoms with E-state index >= 15 is 0 Å². The lowest BCUT2D eigenvalue weighted by atomic mass is 10.0. The summed E-state index contributed by atoms with van der Waals surface area (Å²) in [5.74, 6) is 1.09. The molecule has 0 saturated carbocycles.